The van der Waals surface area contributed by atoms with Crippen molar-refractivity contribution >= 4 is 34.0 Å². The standard InChI is InChI=1S/C10H11N3O3S2/c11-7(9(15)16)5-17-4-6-3-8(14)13-1-2-18-10(13)12-6/h1-3,7H,4-5,11H2,(H,15,16)/t7-/m0/s1. The van der Waals surface area contributed by atoms with Gasteiger partial charge >= 0.3 is 5.97 Å². The first-order valence-corrected chi connectivity index (χ1v) is 7.13. The number of carboxylic acids is 1. The van der Waals surface area contributed by atoms with Crippen molar-refractivity contribution in [1.82, 2.24) is 9.38 Å². The summed E-state index contributed by atoms with van der Waals surface area (Å²) in [7, 11) is 0. The van der Waals surface area contributed by atoms with E-state index in [4.69, 9.17) is 10.8 Å². The van der Waals surface area contributed by atoms with Gasteiger partial charge in [-0.1, -0.05) is 0 Å². The van der Waals surface area contributed by atoms with Crippen LogP contribution in [0.3, 0.4) is 0 Å². The van der Waals surface area contributed by atoms with Gasteiger partial charge < -0.3 is 10.8 Å². The maximum Gasteiger partial charge on any atom is 0.321 e. The number of rotatable bonds is 5. The van der Waals surface area contributed by atoms with Gasteiger partial charge in [0.25, 0.3) is 5.56 Å². The number of nitrogens with zero attached hydrogens (tertiary/aromatic N) is 2. The van der Waals surface area contributed by atoms with E-state index in [2.05, 4.69) is 4.98 Å². The molecule has 0 radical (unpaired) electrons. The van der Waals surface area contributed by atoms with Crippen molar-refractivity contribution in [1.29, 1.82) is 0 Å². The number of fused-ring (bicyclic) bond motifs is 1. The van der Waals surface area contributed by atoms with Crippen LogP contribution in [0.25, 0.3) is 4.96 Å². The van der Waals surface area contributed by atoms with E-state index in [0.717, 1.165) is 0 Å². The Hall–Kier alpha value is -1.38. The van der Waals surface area contributed by atoms with Crippen LogP contribution in [-0.2, 0) is 10.5 Å². The Bertz CT molecular complexity index is 622. The number of hydrogen-bond acceptors (Lipinski definition) is 6. The zero-order valence-corrected chi connectivity index (χ0v) is 10.9. The summed E-state index contributed by atoms with van der Waals surface area (Å²) < 4.78 is 1.47. The van der Waals surface area contributed by atoms with E-state index in [1.165, 1.54) is 33.6 Å². The molecule has 0 saturated carbocycles. The molecule has 2 rings (SSSR count). The monoisotopic (exact) mass is 285 g/mol. The van der Waals surface area contributed by atoms with Crippen LogP contribution in [0.5, 0.6) is 0 Å². The molecule has 2 heterocycles. The molecule has 0 amide bonds. The van der Waals surface area contributed by atoms with Crippen LogP contribution in [0.4, 0.5) is 0 Å². The van der Waals surface area contributed by atoms with Gasteiger partial charge in [-0.15, -0.1) is 11.3 Å². The van der Waals surface area contributed by atoms with Gasteiger partial charge in [-0.25, -0.2) is 4.98 Å². The summed E-state index contributed by atoms with van der Waals surface area (Å²) in [5, 5.41) is 10.4. The van der Waals surface area contributed by atoms with Gasteiger partial charge in [-0.2, -0.15) is 11.8 Å². The maximum absolute atomic E-state index is 11.7. The molecule has 96 valence electrons. The van der Waals surface area contributed by atoms with Gasteiger partial charge in [0.05, 0.1) is 5.69 Å². The molecule has 0 aromatic carbocycles. The van der Waals surface area contributed by atoms with Gasteiger partial charge in [-0.3, -0.25) is 14.0 Å². The lowest BCUT2D eigenvalue weighted by Crippen LogP contribution is -2.32. The number of thiazole rings is 1. The van der Waals surface area contributed by atoms with E-state index in [9.17, 15) is 9.59 Å². The minimum absolute atomic E-state index is 0.126. The van der Waals surface area contributed by atoms with Gasteiger partial charge in [0.15, 0.2) is 4.96 Å². The molecule has 0 aliphatic carbocycles. The molecular weight excluding hydrogens is 274 g/mol. The molecule has 2 aromatic heterocycles. The molecule has 18 heavy (non-hydrogen) atoms. The summed E-state index contributed by atoms with van der Waals surface area (Å²) in [6.45, 7) is 0. The minimum atomic E-state index is -1.02. The fourth-order valence-corrected chi connectivity index (χ4v) is 2.93. The van der Waals surface area contributed by atoms with Crippen LogP contribution in [-0.4, -0.2) is 32.3 Å². The summed E-state index contributed by atoms with van der Waals surface area (Å²) in [6.07, 6.45) is 1.67. The zero-order valence-electron chi connectivity index (χ0n) is 9.28. The summed E-state index contributed by atoms with van der Waals surface area (Å²) in [4.78, 5) is 27.1. The fourth-order valence-electron chi connectivity index (χ4n) is 1.32. The molecule has 0 bridgehead atoms. The van der Waals surface area contributed by atoms with Crippen molar-refractivity contribution in [3.05, 3.63) is 33.7 Å². The van der Waals surface area contributed by atoms with Gasteiger partial charge in [0, 0.05) is 29.1 Å². The quantitative estimate of drug-likeness (QED) is 0.825. The highest BCUT2D eigenvalue weighted by atomic mass is 32.2. The van der Waals surface area contributed by atoms with Crippen LogP contribution in [0.15, 0.2) is 22.4 Å². The van der Waals surface area contributed by atoms with Crippen molar-refractivity contribution in [2.75, 3.05) is 5.75 Å². The number of nitrogens with two attached hydrogens (primary N) is 1. The van der Waals surface area contributed by atoms with Gasteiger partial charge in [-0.05, 0) is 0 Å². The fraction of sp³-hybridized carbons (Fsp3) is 0.300. The molecule has 8 heteroatoms. The van der Waals surface area contributed by atoms with Crippen molar-refractivity contribution in [3.8, 4) is 0 Å². The molecular formula is C10H11N3O3S2. The lowest BCUT2D eigenvalue weighted by Gasteiger charge is -2.05. The first kappa shape index (κ1) is 13.1. The van der Waals surface area contributed by atoms with E-state index in [1.807, 2.05) is 0 Å². The smallest absolute Gasteiger partial charge is 0.321 e. The van der Waals surface area contributed by atoms with E-state index in [0.29, 0.717) is 22.2 Å². The highest BCUT2D eigenvalue weighted by Gasteiger charge is 2.11. The lowest BCUT2D eigenvalue weighted by atomic mass is 10.4. The van der Waals surface area contributed by atoms with Crippen LogP contribution in [0.1, 0.15) is 5.69 Å². The second-order valence-corrected chi connectivity index (χ2v) is 5.50. The first-order chi connectivity index (χ1) is 8.58. The van der Waals surface area contributed by atoms with Crippen LogP contribution in [0.2, 0.25) is 0 Å². The minimum Gasteiger partial charge on any atom is -0.480 e. The van der Waals surface area contributed by atoms with Crippen LogP contribution in [0, 0.1) is 0 Å². The highest BCUT2D eigenvalue weighted by molar-refractivity contribution is 7.98. The number of thioether (sulfide) groups is 1. The molecule has 0 unspecified atom stereocenters. The van der Waals surface area contributed by atoms with Crippen molar-refractivity contribution in [2.24, 2.45) is 5.73 Å². The Morgan fingerprint density at radius 3 is 3.17 bits per heavy atom. The number of aromatic nitrogens is 2. The van der Waals surface area contributed by atoms with Crippen LogP contribution >= 0.6 is 23.1 Å². The molecule has 2 aromatic rings. The van der Waals surface area contributed by atoms with E-state index < -0.39 is 12.0 Å². The molecule has 0 saturated heterocycles. The Balaban J connectivity index is 2.04. The SMILES string of the molecule is N[C@@H](CSCc1cc(=O)n2ccsc2n1)C(=O)O. The van der Waals surface area contributed by atoms with Crippen molar-refractivity contribution in [2.45, 2.75) is 11.8 Å². The Morgan fingerprint density at radius 2 is 2.44 bits per heavy atom. The summed E-state index contributed by atoms with van der Waals surface area (Å²) in [6, 6.07) is 0.570. The molecule has 1 atom stereocenters. The van der Waals surface area contributed by atoms with Gasteiger partial charge in [0.2, 0.25) is 0 Å². The van der Waals surface area contributed by atoms with Gasteiger partial charge in [0.1, 0.15) is 6.04 Å². The number of aliphatic carboxylic acids is 1. The highest BCUT2D eigenvalue weighted by Crippen LogP contribution is 2.12. The van der Waals surface area contributed by atoms with E-state index in [-0.39, 0.29) is 5.56 Å². The van der Waals surface area contributed by atoms with E-state index in [1.54, 1.807) is 11.6 Å². The topological polar surface area (TPSA) is 97.7 Å². The third kappa shape index (κ3) is 2.89. The number of carboxylic acid groups (broad SMARTS) is 1. The first-order valence-electron chi connectivity index (χ1n) is 5.10. The predicted octanol–water partition coefficient (Wildman–Crippen LogP) is 0.401. The third-order valence-electron chi connectivity index (χ3n) is 2.22. The number of hydrogen-bond donors (Lipinski definition) is 2. The molecule has 0 aliphatic rings. The second kappa shape index (κ2) is 5.51. The molecule has 0 aliphatic heterocycles. The third-order valence-corrected chi connectivity index (χ3v) is 4.07. The van der Waals surface area contributed by atoms with Crippen LogP contribution < -0.4 is 11.3 Å². The Kier molecular flexibility index (Phi) is 4.00. The zero-order chi connectivity index (χ0) is 13.1. The Morgan fingerprint density at radius 1 is 1.67 bits per heavy atom. The molecule has 3 N–H and O–H groups in total. The Labute approximate surface area is 110 Å². The normalized spacial score (nSPS) is 12.7. The molecule has 0 spiro atoms. The summed E-state index contributed by atoms with van der Waals surface area (Å²) >= 11 is 2.73. The summed E-state index contributed by atoms with van der Waals surface area (Å²) in [5.41, 5.74) is 5.90. The average Bonchev–Trinajstić information content (AvgIpc) is 2.77. The molecule has 6 nitrogen and oxygen atoms in total. The summed E-state index contributed by atoms with van der Waals surface area (Å²) in [5.74, 6) is -0.255. The second-order valence-electron chi connectivity index (χ2n) is 3.60. The van der Waals surface area contributed by atoms with Crippen molar-refractivity contribution < 1.29 is 9.90 Å². The number of carbonyl (C=O) groups is 1. The average molecular weight is 285 g/mol. The lowest BCUT2D eigenvalue weighted by molar-refractivity contribution is -0.137. The largest absolute Gasteiger partial charge is 0.480 e. The van der Waals surface area contributed by atoms with E-state index >= 15 is 0 Å². The van der Waals surface area contributed by atoms with Crippen molar-refractivity contribution in [3.63, 3.8) is 0 Å². The maximum atomic E-state index is 11.7. The predicted molar refractivity (Wildman–Crippen MR) is 71.1 cm³/mol. The molecule has 0 fully saturated rings.